The zero-order chi connectivity index (χ0) is 19.4. The first kappa shape index (κ1) is 19.5. The lowest BCUT2D eigenvalue weighted by Gasteiger charge is -2.19. The van der Waals surface area contributed by atoms with Crippen molar-refractivity contribution in [3.63, 3.8) is 0 Å². The molecule has 0 atom stereocenters. The molecule has 0 saturated carbocycles. The van der Waals surface area contributed by atoms with Crippen LogP contribution in [0, 0.1) is 0 Å². The minimum Gasteiger partial charge on any atom is -0.496 e. The van der Waals surface area contributed by atoms with Crippen molar-refractivity contribution in [1.29, 1.82) is 0 Å². The minimum absolute atomic E-state index is 0.00891. The van der Waals surface area contributed by atoms with Gasteiger partial charge in [-0.3, -0.25) is 4.79 Å². The third-order valence-corrected chi connectivity index (χ3v) is 5.38. The summed E-state index contributed by atoms with van der Waals surface area (Å²) in [5.41, 5.74) is 5.94. The zero-order valence-corrected chi connectivity index (χ0v) is 17.0. The van der Waals surface area contributed by atoms with Crippen molar-refractivity contribution in [2.45, 2.75) is 64.7 Å². The van der Waals surface area contributed by atoms with E-state index in [0.29, 0.717) is 6.42 Å². The number of methoxy groups -OCH3 is 1. The van der Waals surface area contributed by atoms with E-state index < -0.39 is 0 Å². The maximum absolute atomic E-state index is 12.6. The van der Waals surface area contributed by atoms with Crippen LogP contribution in [-0.4, -0.2) is 13.0 Å². The van der Waals surface area contributed by atoms with Crippen LogP contribution >= 0.6 is 0 Å². The Morgan fingerprint density at radius 3 is 2.22 bits per heavy atom. The maximum Gasteiger partial charge on any atom is 0.228 e. The molecule has 1 amide bonds. The first-order valence-corrected chi connectivity index (χ1v) is 9.96. The molecule has 2 aromatic rings. The summed E-state index contributed by atoms with van der Waals surface area (Å²) in [6.07, 6.45) is 6.28. The Kier molecular flexibility index (Phi) is 5.88. The number of anilines is 1. The van der Waals surface area contributed by atoms with Gasteiger partial charge in [-0.25, -0.2) is 0 Å². The standard InChI is InChI=1S/C24H31NO2/c1-24(2,3)20-10-12-21(13-11-20)25-23(26)16-19-14-17-8-6-5-7-9-18(17)15-22(19)27-4/h10-15H,5-9,16H2,1-4H3,(H,25,26). The van der Waals surface area contributed by atoms with Gasteiger partial charge >= 0.3 is 0 Å². The first-order chi connectivity index (χ1) is 12.9. The highest BCUT2D eigenvalue weighted by atomic mass is 16.5. The number of ether oxygens (including phenoxy) is 1. The summed E-state index contributed by atoms with van der Waals surface area (Å²) in [7, 11) is 1.69. The van der Waals surface area contributed by atoms with Crippen LogP contribution < -0.4 is 10.1 Å². The molecule has 1 aliphatic rings. The van der Waals surface area contributed by atoms with E-state index in [4.69, 9.17) is 4.74 Å². The van der Waals surface area contributed by atoms with E-state index in [0.717, 1.165) is 29.8 Å². The van der Waals surface area contributed by atoms with Gasteiger partial charge in [-0.1, -0.05) is 45.4 Å². The van der Waals surface area contributed by atoms with Crippen molar-refractivity contribution in [2.75, 3.05) is 12.4 Å². The molecule has 0 aromatic heterocycles. The summed E-state index contributed by atoms with van der Waals surface area (Å²) in [6, 6.07) is 12.4. The molecule has 27 heavy (non-hydrogen) atoms. The predicted octanol–water partition coefficient (Wildman–Crippen LogP) is 5.44. The molecule has 1 aliphatic carbocycles. The average molecular weight is 366 g/mol. The highest BCUT2D eigenvalue weighted by molar-refractivity contribution is 5.92. The first-order valence-electron chi connectivity index (χ1n) is 9.96. The number of rotatable bonds is 4. The van der Waals surface area contributed by atoms with Gasteiger partial charge in [0.05, 0.1) is 13.5 Å². The SMILES string of the molecule is COc1cc2c(cc1CC(=O)Nc1ccc(C(C)(C)C)cc1)CCCCC2. The van der Waals surface area contributed by atoms with Crippen LogP contribution in [0.15, 0.2) is 36.4 Å². The highest BCUT2D eigenvalue weighted by Crippen LogP contribution is 2.29. The van der Waals surface area contributed by atoms with E-state index >= 15 is 0 Å². The second kappa shape index (κ2) is 8.16. The summed E-state index contributed by atoms with van der Waals surface area (Å²) in [4.78, 5) is 12.6. The van der Waals surface area contributed by atoms with Crippen molar-refractivity contribution in [1.82, 2.24) is 0 Å². The Morgan fingerprint density at radius 1 is 1.00 bits per heavy atom. The van der Waals surface area contributed by atoms with Crippen molar-refractivity contribution >= 4 is 11.6 Å². The number of hydrogen-bond donors (Lipinski definition) is 1. The van der Waals surface area contributed by atoms with Gasteiger partial charge in [0.2, 0.25) is 5.91 Å². The lowest BCUT2D eigenvalue weighted by molar-refractivity contribution is -0.115. The van der Waals surface area contributed by atoms with Crippen molar-refractivity contribution < 1.29 is 9.53 Å². The summed E-state index contributed by atoms with van der Waals surface area (Å²) in [6.45, 7) is 6.56. The van der Waals surface area contributed by atoms with Crippen LogP contribution in [0.3, 0.4) is 0 Å². The largest absolute Gasteiger partial charge is 0.496 e. The van der Waals surface area contributed by atoms with E-state index in [1.54, 1.807) is 7.11 Å². The molecule has 0 spiro atoms. The molecule has 2 aromatic carbocycles. The summed E-state index contributed by atoms with van der Waals surface area (Å²) in [5, 5.41) is 3.02. The van der Waals surface area contributed by atoms with Crippen LogP contribution in [0.25, 0.3) is 0 Å². The summed E-state index contributed by atoms with van der Waals surface area (Å²) >= 11 is 0. The molecule has 0 saturated heterocycles. The van der Waals surface area contributed by atoms with E-state index in [9.17, 15) is 4.79 Å². The molecule has 0 bridgehead atoms. The zero-order valence-electron chi connectivity index (χ0n) is 17.0. The monoisotopic (exact) mass is 365 g/mol. The molecule has 3 nitrogen and oxygen atoms in total. The third-order valence-electron chi connectivity index (χ3n) is 5.38. The fourth-order valence-corrected chi connectivity index (χ4v) is 3.75. The topological polar surface area (TPSA) is 38.3 Å². The Balaban J connectivity index is 1.73. The van der Waals surface area contributed by atoms with Crippen LogP contribution in [-0.2, 0) is 29.5 Å². The number of carbonyl (C=O) groups excluding carboxylic acids is 1. The number of amides is 1. The van der Waals surface area contributed by atoms with Gasteiger partial charge in [0.25, 0.3) is 0 Å². The molecule has 0 fully saturated rings. The van der Waals surface area contributed by atoms with Crippen LogP contribution in [0.4, 0.5) is 5.69 Å². The second-order valence-electron chi connectivity index (χ2n) is 8.55. The lowest BCUT2D eigenvalue weighted by atomic mass is 9.87. The molecule has 0 unspecified atom stereocenters. The molecular formula is C24H31NO2. The predicted molar refractivity (Wildman–Crippen MR) is 112 cm³/mol. The maximum atomic E-state index is 12.6. The second-order valence-corrected chi connectivity index (χ2v) is 8.55. The average Bonchev–Trinajstić information content (AvgIpc) is 2.85. The number of benzene rings is 2. The van der Waals surface area contributed by atoms with Crippen LogP contribution in [0.5, 0.6) is 5.75 Å². The van der Waals surface area contributed by atoms with Crippen LogP contribution in [0.2, 0.25) is 0 Å². The normalized spacial score (nSPS) is 14.2. The number of carbonyl (C=O) groups is 1. The van der Waals surface area contributed by atoms with Crippen molar-refractivity contribution in [3.05, 3.63) is 58.7 Å². The van der Waals surface area contributed by atoms with Gasteiger partial charge in [0.1, 0.15) is 5.75 Å². The fraction of sp³-hybridized carbons (Fsp3) is 0.458. The fourth-order valence-electron chi connectivity index (χ4n) is 3.75. The van der Waals surface area contributed by atoms with Gasteiger partial charge in [0, 0.05) is 11.3 Å². The van der Waals surface area contributed by atoms with E-state index in [1.807, 2.05) is 12.1 Å². The van der Waals surface area contributed by atoms with Gasteiger partial charge < -0.3 is 10.1 Å². The Hall–Kier alpha value is -2.29. The minimum atomic E-state index is -0.00891. The smallest absolute Gasteiger partial charge is 0.228 e. The van der Waals surface area contributed by atoms with Gasteiger partial charge in [-0.05, 0) is 66.0 Å². The van der Waals surface area contributed by atoms with Crippen molar-refractivity contribution in [3.8, 4) is 5.75 Å². The molecule has 0 aliphatic heterocycles. The number of hydrogen-bond acceptors (Lipinski definition) is 2. The van der Waals surface area contributed by atoms with E-state index in [2.05, 4.69) is 50.4 Å². The van der Waals surface area contributed by atoms with Gasteiger partial charge in [0.15, 0.2) is 0 Å². The Labute approximate surface area is 163 Å². The summed E-state index contributed by atoms with van der Waals surface area (Å²) < 4.78 is 5.58. The molecular weight excluding hydrogens is 334 g/mol. The Morgan fingerprint density at radius 2 is 1.63 bits per heavy atom. The number of nitrogens with one attached hydrogen (secondary N) is 1. The van der Waals surface area contributed by atoms with E-state index in [-0.39, 0.29) is 11.3 Å². The number of fused-ring (bicyclic) bond motifs is 1. The van der Waals surface area contributed by atoms with Crippen LogP contribution in [0.1, 0.15) is 62.3 Å². The van der Waals surface area contributed by atoms with Gasteiger partial charge in [-0.2, -0.15) is 0 Å². The molecule has 0 radical (unpaired) electrons. The number of aryl methyl sites for hydroxylation is 2. The highest BCUT2D eigenvalue weighted by Gasteiger charge is 2.16. The third kappa shape index (κ3) is 4.91. The quantitative estimate of drug-likeness (QED) is 0.732. The molecule has 0 heterocycles. The molecule has 3 rings (SSSR count). The summed E-state index contributed by atoms with van der Waals surface area (Å²) in [5.74, 6) is 0.819. The lowest BCUT2D eigenvalue weighted by Crippen LogP contribution is -2.16. The molecule has 1 N–H and O–H groups in total. The van der Waals surface area contributed by atoms with Gasteiger partial charge in [-0.15, -0.1) is 0 Å². The van der Waals surface area contributed by atoms with E-state index in [1.165, 1.54) is 36.0 Å². The molecule has 144 valence electrons. The van der Waals surface area contributed by atoms with Crippen molar-refractivity contribution in [2.24, 2.45) is 0 Å². The Bertz CT molecular complexity index is 800. The molecule has 3 heteroatoms.